The van der Waals surface area contributed by atoms with E-state index >= 15 is 0 Å². The van der Waals surface area contributed by atoms with Gasteiger partial charge in [-0.1, -0.05) is 19.1 Å². The van der Waals surface area contributed by atoms with E-state index in [2.05, 4.69) is 44.3 Å². The second kappa shape index (κ2) is 4.95. The van der Waals surface area contributed by atoms with Crippen LogP contribution in [0.15, 0.2) is 24.3 Å². The highest BCUT2D eigenvalue weighted by atomic mass is 28.4. The van der Waals surface area contributed by atoms with Crippen molar-refractivity contribution in [3.05, 3.63) is 29.8 Å². The minimum Gasteiger partial charge on any atom is -0.544 e. The molecule has 3 heteroatoms. The summed E-state index contributed by atoms with van der Waals surface area (Å²) < 4.78 is 11.9. The van der Waals surface area contributed by atoms with Gasteiger partial charge in [0, 0.05) is 0 Å². The van der Waals surface area contributed by atoms with Crippen LogP contribution in [0.4, 0.5) is 0 Å². The quantitative estimate of drug-likeness (QED) is 0.603. The highest BCUT2D eigenvalue weighted by Gasteiger charge is 2.44. The summed E-state index contributed by atoms with van der Waals surface area (Å²) in [4.78, 5) is 0. The molecule has 1 aromatic rings. The molecule has 0 radical (unpaired) electrons. The lowest BCUT2D eigenvalue weighted by Gasteiger charge is -2.24. The van der Waals surface area contributed by atoms with E-state index in [1.54, 1.807) is 0 Å². The summed E-state index contributed by atoms with van der Waals surface area (Å²) in [6.07, 6.45) is 4.82. The number of hydrogen-bond donors (Lipinski definition) is 0. The van der Waals surface area contributed by atoms with Gasteiger partial charge in [-0.3, -0.25) is 0 Å². The molecule has 0 N–H and O–H groups in total. The zero-order valence-electron chi connectivity index (χ0n) is 12.2. The van der Waals surface area contributed by atoms with Gasteiger partial charge in [-0.25, -0.2) is 0 Å². The van der Waals surface area contributed by atoms with Gasteiger partial charge in [-0.2, -0.15) is 0 Å². The van der Waals surface area contributed by atoms with Crippen molar-refractivity contribution in [3.8, 4) is 5.75 Å². The van der Waals surface area contributed by atoms with E-state index in [1.807, 2.05) is 0 Å². The van der Waals surface area contributed by atoms with Crippen molar-refractivity contribution in [2.24, 2.45) is 0 Å². The molecule has 1 aromatic carbocycles. The van der Waals surface area contributed by atoms with E-state index in [1.165, 1.54) is 24.8 Å². The molecule has 0 bridgehead atoms. The maximum Gasteiger partial charge on any atom is 0.244 e. The van der Waals surface area contributed by atoms with E-state index < -0.39 is 8.32 Å². The van der Waals surface area contributed by atoms with Crippen LogP contribution < -0.4 is 4.43 Å². The van der Waals surface area contributed by atoms with Crippen LogP contribution in [-0.2, 0) is 4.74 Å². The fraction of sp³-hybridized carbons (Fsp3) is 0.625. The third-order valence-electron chi connectivity index (χ3n) is 4.58. The zero-order valence-corrected chi connectivity index (χ0v) is 13.2. The van der Waals surface area contributed by atoms with Gasteiger partial charge in [0.15, 0.2) is 0 Å². The molecular weight excluding hydrogens is 252 g/mol. The maximum absolute atomic E-state index is 6.23. The predicted molar refractivity (Wildman–Crippen MR) is 80.3 cm³/mol. The van der Waals surface area contributed by atoms with Crippen molar-refractivity contribution in [1.82, 2.24) is 0 Å². The Kier molecular flexibility index (Phi) is 3.44. The molecule has 2 aliphatic rings. The molecule has 2 nitrogen and oxygen atoms in total. The molecule has 1 heterocycles. The number of ether oxygens (including phenoxy) is 1. The van der Waals surface area contributed by atoms with Gasteiger partial charge in [0.05, 0.1) is 12.2 Å². The Labute approximate surface area is 117 Å². The van der Waals surface area contributed by atoms with Gasteiger partial charge in [-0.05, 0) is 62.0 Å². The summed E-state index contributed by atoms with van der Waals surface area (Å²) >= 11 is 0. The number of hydrogen-bond acceptors (Lipinski definition) is 2. The van der Waals surface area contributed by atoms with Crippen LogP contribution in [0.25, 0.3) is 0 Å². The Bertz CT molecular complexity index is 458. The predicted octanol–water partition coefficient (Wildman–Crippen LogP) is 4.33. The fourth-order valence-corrected chi connectivity index (χ4v) is 3.84. The monoisotopic (exact) mass is 276 g/mol. The molecule has 1 saturated heterocycles. The number of fused-ring (bicyclic) bond motifs is 1. The topological polar surface area (TPSA) is 21.8 Å². The molecule has 104 valence electrons. The summed E-state index contributed by atoms with van der Waals surface area (Å²) in [5.74, 6) is 1.73. The van der Waals surface area contributed by atoms with Crippen LogP contribution in [0.5, 0.6) is 5.75 Å². The third kappa shape index (κ3) is 3.03. The zero-order chi connectivity index (χ0) is 13.5. The van der Waals surface area contributed by atoms with Gasteiger partial charge in [-0.15, -0.1) is 0 Å². The summed E-state index contributed by atoms with van der Waals surface area (Å²) in [6.45, 7) is 6.79. The lowest BCUT2D eigenvalue weighted by molar-refractivity contribution is 0.371. The van der Waals surface area contributed by atoms with E-state index in [0.717, 1.165) is 11.8 Å². The van der Waals surface area contributed by atoms with E-state index in [9.17, 15) is 0 Å². The number of benzene rings is 1. The average molecular weight is 276 g/mol. The van der Waals surface area contributed by atoms with Crippen molar-refractivity contribution in [3.63, 3.8) is 0 Å². The van der Waals surface area contributed by atoms with Crippen LogP contribution >= 0.6 is 0 Å². The molecule has 0 aromatic heterocycles. The van der Waals surface area contributed by atoms with Gasteiger partial charge in [0.1, 0.15) is 5.75 Å². The molecule has 1 saturated carbocycles. The average Bonchev–Trinajstić information content (AvgIpc) is 3.16. The van der Waals surface area contributed by atoms with Gasteiger partial charge in [0.25, 0.3) is 0 Å². The molecule has 1 aliphatic heterocycles. The Balaban J connectivity index is 1.72. The molecule has 3 rings (SSSR count). The van der Waals surface area contributed by atoms with Gasteiger partial charge < -0.3 is 9.16 Å². The van der Waals surface area contributed by atoms with Crippen LogP contribution in [0, 0.1) is 0 Å². The molecular formula is C16H24O2Si. The van der Waals surface area contributed by atoms with Crippen LogP contribution in [0.2, 0.25) is 19.1 Å². The fourth-order valence-electron chi connectivity index (χ4n) is 2.93. The first kappa shape index (κ1) is 13.2. The first-order valence-corrected chi connectivity index (χ1v) is 10.6. The van der Waals surface area contributed by atoms with Gasteiger partial charge >= 0.3 is 0 Å². The van der Waals surface area contributed by atoms with Crippen molar-refractivity contribution in [2.45, 2.75) is 63.5 Å². The Hall–Kier alpha value is -0.803. The molecule has 0 amide bonds. The Morgan fingerprint density at radius 3 is 2.84 bits per heavy atom. The summed E-state index contributed by atoms with van der Waals surface area (Å²) in [5.41, 5.74) is 1.44. The number of rotatable bonds is 4. The summed E-state index contributed by atoms with van der Waals surface area (Å²) in [7, 11) is -1.52. The molecule has 3 atom stereocenters. The first-order valence-electron chi connectivity index (χ1n) is 7.52. The third-order valence-corrected chi connectivity index (χ3v) is 7.07. The van der Waals surface area contributed by atoms with Gasteiger partial charge in [0.2, 0.25) is 8.32 Å². The van der Waals surface area contributed by atoms with Crippen molar-refractivity contribution < 1.29 is 9.16 Å². The standard InChI is InChI=1S/C16H24O2Si/c1-4-19(2,3)18-14-7-5-6-12(10-14)13-8-9-15-16(11-13)17-15/h5-7,10,13,15-16H,4,8-9,11H2,1-3H3. The lowest BCUT2D eigenvalue weighted by atomic mass is 9.84. The molecule has 2 fully saturated rings. The Morgan fingerprint density at radius 2 is 2.11 bits per heavy atom. The molecule has 3 unspecified atom stereocenters. The van der Waals surface area contributed by atoms with Crippen LogP contribution in [-0.4, -0.2) is 20.5 Å². The van der Waals surface area contributed by atoms with Crippen LogP contribution in [0.3, 0.4) is 0 Å². The van der Waals surface area contributed by atoms with E-state index in [0.29, 0.717) is 18.1 Å². The highest BCUT2D eigenvalue weighted by Crippen LogP contribution is 2.44. The molecule has 1 aliphatic carbocycles. The minimum atomic E-state index is -1.52. The first-order chi connectivity index (χ1) is 9.07. The normalized spacial score (nSPS) is 29.7. The van der Waals surface area contributed by atoms with Crippen molar-refractivity contribution >= 4 is 8.32 Å². The molecule has 0 spiro atoms. The number of epoxide rings is 1. The van der Waals surface area contributed by atoms with Crippen molar-refractivity contribution in [1.29, 1.82) is 0 Å². The largest absolute Gasteiger partial charge is 0.544 e. The second-order valence-corrected chi connectivity index (χ2v) is 10.9. The van der Waals surface area contributed by atoms with E-state index in [-0.39, 0.29) is 0 Å². The highest BCUT2D eigenvalue weighted by molar-refractivity contribution is 6.71. The Morgan fingerprint density at radius 1 is 1.26 bits per heavy atom. The minimum absolute atomic E-state index is 0.546. The SMILES string of the molecule is CC[Si](C)(C)Oc1cccc(C2CCC3OC3C2)c1. The second-order valence-electron chi connectivity index (χ2n) is 6.51. The summed E-state index contributed by atoms with van der Waals surface area (Å²) in [5, 5.41) is 0. The smallest absolute Gasteiger partial charge is 0.244 e. The van der Waals surface area contributed by atoms with E-state index in [4.69, 9.17) is 9.16 Å². The van der Waals surface area contributed by atoms with Crippen LogP contribution in [0.1, 0.15) is 37.7 Å². The van der Waals surface area contributed by atoms with Crippen molar-refractivity contribution in [2.75, 3.05) is 0 Å². The molecule has 19 heavy (non-hydrogen) atoms. The maximum atomic E-state index is 6.23. The summed E-state index contributed by atoms with van der Waals surface area (Å²) in [6, 6.07) is 9.91. The lowest BCUT2D eigenvalue weighted by Crippen LogP contribution is -2.32.